The number of carbonyl (C=O) groups is 1. The minimum atomic E-state index is -0.466. The molecule has 0 aliphatic rings. The second-order valence-corrected chi connectivity index (χ2v) is 4.98. The fourth-order valence-corrected chi connectivity index (χ4v) is 2.33. The standard InChI is InChI=1S/C17H15N3O4/c1-23-15-5-3-2-4-11(15)8-12-6-7-24-16(12)13(21)9-14(22)17-18-10-19-20-17/h2-7,9-10,22H,8H2,1H3,(H,18,19,20). The van der Waals surface area contributed by atoms with Crippen LogP contribution >= 0.6 is 0 Å². The summed E-state index contributed by atoms with van der Waals surface area (Å²) in [7, 11) is 1.60. The minimum absolute atomic E-state index is 0.0428. The molecule has 1 aromatic carbocycles. The van der Waals surface area contributed by atoms with Gasteiger partial charge in [-0.3, -0.25) is 9.89 Å². The van der Waals surface area contributed by atoms with Gasteiger partial charge in [-0.2, -0.15) is 5.10 Å². The number of methoxy groups -OCH3 is 1. The zero-order valence-electron chi connectivity index (χ0n) is 12.9. The number of aromatic nitrogens is 3. The first-order valence-electron chi connectivity index (χ1n) is 7.18. The number of aliphatic hydroxyl groups is 1. The van der Waals surface area contributed by atoms with Crippen LogP contribution in [0.4, 0.5) is 0 Å². The van der Waals surface area contributed by atoms with Crippen molar-refractivity contribution >= 4 is 11.5 Å². The van der Waals surface area contributed by atoms with Crippen molar-refractivity contribution in [2.45, 2.75) is 6.42 Å². The second kappa shape index (κ2) is 6.82. The Morgan fingerprint density at radius 1 is 1.33 bits per heavy atom. The number of carbonyl (C=O) groups excluding carboxylic acids is 1. The molecule has 0 atom stereocenters. The first-order chi connectivity index (χ1) is 11.7. The van der Waals surface area contributed by atoms with Crippen molar-refractivity contribution in [3.8, 4) is 5.75 Å². The highest BCUT2D eigenvalue weighted by atomic mass is 16.5. The third-order valence-electron chi connectivity index (χ3n) is 3.46. The third kappa shape index (κ3) is 3.19. The quantitative estimate of drug-likeness (QED) is 0.410. The van der Waals surface area contributed by atoms with E-state index < -0.39 is 5.78 Å². The molecule has 2 heterocycles. The van der Waals surface area contributed by atoms with Crippen molar-refractivity contribution in [3.05, 3.63) is 71.7 Å². The van der Waals surface area contributed by atoms with E-state index in [1.165, 1.54) is 12.6 Å². The Balaban J connectivity index is 1.85. The number of nitrogens with one attached hydrogen (secondary N) is 1. The molecule has 0 saturated carbocycles. The average molecular weight is 325 g/mol. The molecule has 122 valence electrons. The van der Waals surface area contributed by atoms with E-state index in [1.54, 1.807) is 13.2 Å². The number of aliphatic hydroxyl groups excluding tert-OH is 1. The highest BCUT2D eigenvalue weighted by molar-refractivity contribution is 6.06. The summed E-state index contributed by atoms with van der Waals surface area (Å²) in [5, 5.41) is 16.0. The van der Waals surface area contributed by atoms with Gasteiger partial charge in [-0.25, -0.2) is 4.98 Å². The fourth-order valence-electron chi connectivity index (χ4n) is 2.33. The van der Waals surface area contributed by atoms with Crippen LogP contribution in [0.1, 0.15) is 27.5 Å². The molecule has 0 aliphatic heterocycles. The van der Waals surface area contributed by atoms with Gasteiger partial charge < -0.3 is 14.3 Å². The number of aromatic amines is 1. The molecule has 2 N–H and O–H groups in total. The number of ether oxygens (including phenoxy) is 1. The van der Waals surface area contributed by atoms with Gasteiger partial charge >= 0.3 is 0 Å². The molecule has 7 nitrogen and oxygen atoms in total. The average Bonchev–Trinajstić information content (AvgIpc) is 3.27. The third-order valence-corrected chi connectivity index (χ3v) is 3.46. The minimum Gasteiger partial charge on any atom is -0.504 e. The van der Waals surface area contributed by atoms with Crippen molar-refractivity contribution in [3.63, 3.8) is 0 Å². The van der Waals surface area contributed by atoms with Gasteiger partial charge in [-0.05, 0) is 17.7 Å². The van der Waals surface area contributed by atoms with Crippen LogP contribution in [0.25, 0.3) is 5.76 Å². The summed E-state index contributed by atoms with van der Waals surface area (Å²) in [5.74, 6) is 0.133. The lowest BCUT2D eigenvalue weighted by Crippen LogP contribution is -2.01. The Kier molecular flexibility index (Phi) is 4.42. The molecule has 0 unspecified atom stereocenters. The Bertz CT molecular complexity index is 866. The molecule has 0 radical (unpaired) electrons. The number of ketones is 1. The van der Waals surface area contributed by atoms with Crippen molar-refractivity contribution in [1.82, 2.24) is 15.2 Å². The number of furan rings is 1. The lowest BCUT2D eigenvalue weighted by Gasteiger charge is -2.07. The van der Waals surface area contributed by atoms with Gasteiger partial charge in [0.05, 0.1) is 13.4 Å². The second-order valence-electron chi connectivity index (χ2n) is 4.98. The van der Waals surface area contributed by atoms with E-state index in [4.69, 9.17) is 9.15 Å². The van der Waals surface area contributed by atoms with E-state index in [1.807, 2.05) is 24.3 Å². The molecule has 7 heteroatoms. The van der Waals surface area contributed by atoms with Gasteiger partial charge in [0.1, 0.15) is 12.1 Å². The zero-order chi connectivity index (χ0) is 16.9. The number of benzene rings is 1. The van der Waals surface area contributed by atoms with E-state index in [9.17, 15) is 9.90 Å². The number of hydrogen-bond donors (Lipinski definition) is 2. The van der Waals surface area contributed by atoms with Crippen molar-refractivity contribution in [2.24, 2.45) is 0 Å². The van der Waals surface area contributed by atoms with Gasteiger partial charge in [-0.15, -0.1) is 0 Å². The predicted octanol–water partition coefficient (Wildman–Crippen LogP) is 2.78. The van der Waals surface area contributed by atoms with Crippen molar-refractivity contribution in [1.29, 1.82) is 0 Å². The summed E-state index contributed by atoms with van der Waals surface area (Å²) in [6.45, 7) is 0. The highest BCUT2D eigenvalue weighted by Gasteiger charge is 2.17. The summed E-state index contributed by atoms with van der Waals surface area (Å²) < 4.78 is 10.6. The van der Waals surface area contributed by atoms with Crippen LogP contribution in [0.2, 0.25) is 0 Å². The van der Waals surface area contributed by atoms with Crippen LogP contribution in [0.5, 0.6) is 5.75 Å². The molecule has 0 spiro atoms. The van der Waals surface area contributed by atoms with E-state index >= 15 is 0 Å². The number of para-hydroxylation sites is 1. The normalized spacial score (nSPS) is 11.5. The molecular weight excluding hydrogens is 310 g/mol. The maximum absolute atomic E-state index is 12.3. The first-order valence-corrected chi connectivity index (χ1v) is 7.18. The van der Waals surface area contributed by atoms with E-state index in [-0.39, 0.29) is 17.3 Å². The topological polar surface area (TPSA) is 101 Å². The summed E-state index contributed by atoms with van der Waals surface area (Å²) in [5.41, 5.74) is 1.63. The van der Waals surface area contributed by atoms with Crippen LogP contribution in [0.3, 0.4) is 0 Å². The number of rotatable bonds is 6. The number of H-pyrrole nitrogens is 1. The smallest absolute Gasteiger partial charge is 0.225 e. The van der Waals surface area contributed by atoms with E-state index in [0.29, 0.717) is 12.0 Å². The Labute approximate surface area is 137 Å². The van der Waals surface area contributed by atoms with Crippen LogP contribution in [0.15, 0.2) is 53.4 Å². The van der Waals surface area contributed by atoms with Crippen LogP contribution in [0, 0.1) is 0 Å². The first kappa shape index (κ1) is 15.5. The Morgan fingerprint density at radius 3 is 2.92 bits per heavy atom. The molecule has 3 aromatic rings. The number of nitrogens with zero attached hydrogens (tertiary/aromatic N) is 2. The molecule has 0 bridgehead atoms. The lowest BCUT2D eigenvalue weighted by atomic mass is 10.0. The summed E-state index contributed by atoms with van der Waals surface area (Å²) in [4.78, 5) is 16.1. The monoisotopic (exact) mass is 325 g/mol. The van der Waals surface area contributed by atoms with Gasteiger partial charge in [0, 0.05) is 18.1 Å². The largest absolute Gasteiger partial charge is 0.504 e. The molecule has 24 heavy (non-hydrogen) atoms. The molecule has 0 saturated heterocycles. The Hall–Kier alpha value is -3.35. The maximum atomic E-state index is 12.3. The molecule has 3 rings (SSSR count). The molecule has 2 aromatic heterocycles. The lowest BCUT2D eigenvalue weighted by molar-refractivity contribution is 0.102. The molecule has 0 aliphatic carbocycles. The Morgan fingerprint density at radius 2 is 2.17 bits per heavy atom. The van der Waals surface area contributed by atoms with Crippen LogP contribution < -0.4 is 4.74 Å². The van der Waals surface area contributed by atoms with E-state index in [2.05, 4.69) is 15.2 Å². The number of allylic oxidation sites excluding steroid dienone is 1. The van der Waals surface area contributed by atoms with Crippen LogP contribution in [-0.4, -0.2) is 33.2 Å². The SMILES string of the molecule is COc1ccccc1Cc1ccoc1C(=O)C=C(O)c1nc[nH]n1. The summed E-state index contributed by atoms with van der Waals surface area (Å²) in [6, 6.07) is 9.26. The number of hydrogen-bond acceptors (Lipinski definition) is 6. The van der Waals surface area contributed by atoms with E-state index in [0.717, 1.165) is 17.4 Å². The fraction of sp³-hybridized carbons (Fsp3) is 0.118. The zero-order valence-corrected chi connectivity index (χ0v) is 12.9. The van der Waals surface area contributed by atoms with Gasteiger partial charge in [0.2, 0.25) is 11.6 Å². The van der Waals surface area contributed by atoms with Gasteiger partial charge in [0.15, 0.2) is 11.5 Å². The molecular formula is C17H15N3O4. The van der Waals surface area contributed by atoms with Crippen LogP contribution in [-0.2, 0) is 6.42 Å². The van der Waals surface area contributed by atoms with Crippen molar-refractivity contribution in [2.75, 3.05) is 7.11 Å². The predicted molar refractivity (Wildman–Crippen MR) is 85.8 cm³/mol. The molecule has 0 fully saturated rings. The van der Waals surface area contributed by atoms with Crippen molar-refractivity contribution < 1.29 is 19.1 Å². The van der Waals surface area contributed by atoms with Gasteiger partial charge in [-0.1, -0.05) is 18.2 Å². The summed E-state index contributed by atoms with van der Waals surface area (Å²) >= 11 is 0. The maximum Gasteiger partial charge on any atom is 0.225 e. The summed E-state index contributed by atoms with van der Waals surface area (Å²) in [6.07, 6.45) is 4.25. The molecule has 0 amide bonds. The van der Waals surface area contributed by atoms with Gasteiger partial charge in [0.25, 0.3) is 0 Å². The highest BCUT2D eigenvalue weighted by Crippen LogP contribution is 2.24.